The molecule has 46 heavy (non-hydrogen) atoms. The number of hydrogen-bond donors (Lipinski definition) is 2. The minimum atomic E-state index is -4.69. The molecule has 0 amide bonds. The molecule has 0 fully saturated rings. The van der Waals surface area contributed by atoms with Crippen LogP contribution >= 0.6 is 0 Å². The van der Waals surface area contributed by atoms with Crippen LogP contribution in [0.15, 0.2) is 46.2 Å². The minimum Gasteiger partial charge on any atom is -0.492 e. The van der Waals surface area contributed by atoms with E-state index in [1.54, 1.807) is 12.1 Å². The van der Waals surface area contributed by atoms with E-state index in [2.05, 4.69) is 53.2 Å². The number of hydrogen-bond acceptors (Lipinski definition) is 6. The number of ether oxygens (including phenoxy) is 2. The van der Waals surface area contributed by atoms with Crippen molar-refractivity contribution in [3.05, 3.63) is 42.0 Å². The van der Waals surface area contributed by atoms with E-state index in [4.69, 9.17) is 9.47 Å². The van der Waals surface area contributed by atoms with Crippen molar-refractivity contribution in [2.45, 2.75) is 147 Å². The zero-order valence-corrected chi connectivity index (χ0v) is 30.9. The number of anilines is 1. The van der Waals surface area contributed by atoms with E-state index in [1.807, 2.05) is 6.07 Å². The lowest BCUT2D eigenvalue weighted by atomic mass is 9.72. The first kappa shape index (κ1) is 39.9. The molecule has 0 saturated carbocycles. The van der Waals surface area contributed by atoms with E-state index >= 15 is 0 Å². The van der Waals surface area contributed by atoms with Crippen LogP contribution in [0.1, 0.15) is 138 Å². The topological polar surface area (TPSA) is 119 Å². The summed E-state index contributed by atoms with van der Waals surface area (Å²) < 4.78 is 76.6. The Bertz CT molecular complexity index is 1430. The Morgan fingerprint density at radius 1 is 0.652 bits per heavy atom. The quantitative estimate of drug-likeness (QED) is 0.0938. The molecule has 10 heteroatoms. The summed E-state index contributed by atoms with van der Waals surface area (Å²) in [6.07, 6.45) is 13.5. The molecule has 2 rings (SSSR count). The highest BCUT2D eigenvalue weighted by Crippen LogP contribution is 2.39. The van der Waals surface area contributed by atoms with Crippen molar-refractivity contribution < 1.29 is 30.9 Å². The Balaban J connectivity index is 2.35. The third-order valence-corrected chi connectivity index (χ3v) is 10.2. The standard InChI is InChI=1S/C36H59NO7S2/c1-8-10-12-14-16-18-24-43-31-22-20-29(36(6,7)28-35(3,4)5)26-33(31)45(38,39)37-30-21-23-32(34(27-30)46(40,41)42)44-25-19-17-15-13-11-9-2/h20-23,26-27,37H,8-19,24-25,28H2,1-7H3,(H,40,41,42). The van der Waals surface area contributed by atoms with Gasteiger partial charge in [-0.25, -0.2) is 8.42 Å². The summed E-state index contributed by atoms with van der Waals surface area (Å²) >= 11 is 0. The molecule has 2 aromatic rings. The molecule has 0 bridgehead atoms. The average molecular weight is 682 g/mol. The monoisotopic (exact) mass is 681 g/mol. The average Bonchev–Trinajstić information content (AvgIpc) is 2.95. The van der Waals surface area contributed by atoms with Gasteiger partial charge in [0.05, 0.1) is 18.9 Å². The summed E-state index contributed by atoms with van der Waals surface area (Å²) in [4.78, 5) is -0.506. The molecule has 0 unspecified atom stereocenters. The van der Waals surface area contributed by atoms with Gasteiger partial charge in [0.15, 0.2) is 0 Å². The molecule has 8 nitrogen and oxygen atoms in total. The van der Waals surface area contributed by atoms with E-state index in [9.17, 15) is 21.4 Å². The van der Waals surface area contributed by atoms with Crippen LogP contribution in [0.25, 0.3) is 0 Å². The van der Waals surface area contributed by atoms with Crippen molar-refractivity contribution in [3.8, 4) is 11.5 Å². The maximum atomic E-state index is 13.9. The van der Waals surface area contributed by atoms with Gasteiger partial charge >= 0.3 is 0 Å². The molecule has 0 spiro atoms. The van der Waals surface area contributed by atoms with Gasteiger partial charge in [0, 0.05) is 0 Å². The van der Waals surface area contributed by atoms with E-state index < -0.39 is 25.0 Å². The second-order valence-electron chi connectivity index (χ2n) is 14.3. The summed E-state index contributed by atoms with van der Waals surface area (Å²) in [7, 11) is -8.92. The van der Waals surface area contributed by atoms with Crippen LogP contribution in [0.3, 0.4) is 0 Å². The third-order valence-electron chi connectivity index (χ3n) is 7.97. The lowest BCUT2D eigenvalue weighted by molar-refractivity contribution is 0.281. The van der Waals surface area contributed by atoms with Crippen molar-refractivity contribution in [2.75, 3.05) is 17.9 Å². The first-order valence-corrected chi connectivity index (χ1v) is 20.0. The van der Waals surface area contributed by atoms with Gasteiger partial charge in [-0.1, -0.05) is 119 Å². The zero-order valence-electron chi connectivity index (χ0n) is 29.3. The molecule has 0 heterocycles. The van der Waals surface area contributed by atoms with Gasteiger partial charge in [-0.05, 0) is 66.0 Å². The summed E-state index contributed by atoms with van der Waals surface area (Å²) in [6.45, 7) is 15.6. The fourth-order valence-corrected chi connectivity index (χ4v) is 7.80. The number of unbranched alkanes of at least 4 members (excludes halogenated alkanes) is 10. The van der Waals surface area contributed by atoms with Gasteiger partial charge in [0.1, 0.15) is 21.3 Å². The van der Waals surface area contributed by atoms with Crippen molar-refractivity contribution >= 4 is 25.8 Å². The Labute approximate surface area is 279 Å². The molecule has 0 atom stereocenters. The van der Waals surface area contributed by atoms with Crippen LogP contribution in [-0.2, 0) is 25.6 Å². The molecule has 0 saturated heterocycles. The summed E-state index contributed by atoms with van der Waals surface area (Å²) in [5, 5.41) is 0. The third kappa shape index (κ3) is 13.8. The number of nitrogens with one attached hydrogen (secondary N) is 1. The SMILES string of the molecule is CCCCCCCCOc1ccc(NS(=O)(=O)c2cc(C(C)(C)CC(C)(C)C)ccc2OCCCCCCCC)cc1S(=O)(=O)O. The smallest absolute Gasteiger partial charge is 0.298 e. The molecule has 0 radical (unpaired) electrons. The van der Waals surface area contributed by atoms with Crippen LogP contribution in [0, 0.1) is 5.41 Å². The fourth-order valence-electron chi connectivity index (χ4n) is 5.92. The molecular formula is C36H59NO7S2. The van der Waals surface area contributed by atoms with Gasteiger partial charge < -0.3 is 9.47 Å². The Kier molecular flexibility index (Phi) is 15.9. The van der Waals surface area contributed by atoms with Crippen molar-refractivity contribution in [1.82, 2.24) is 0 Å². The Morgan fingerprint density at radius 3 is 1.63 bits per heavy atom. The van der Waals surface area contributed by atoms with Gasteiger partial charge in [-0.15, -0.1) is 0 Å². The molecule has 2 aromatic carbocycles. The lowest BCUT2D eigenvalue weighted by Gasteiger charge is -2.33. The molecule has 0 aromatic heterocycles. The maximum Gasteiger partial charge on any atom is 0.298 e. The van der Waals surface area contributed by atoms with E-state index in [-0.39, 0.29) is 39.5 Å². The van der Waals surface area contributed by atoms with E-state index in [1.165, 1.54) is 37.8 Å². The first-order valence-electron chi connectivity index (χ1n) is 17.0. The van der Waals surface area contributed by atoms with Crippen LogP contribution in [-0.4, -0.2) is 34.6 Å². The second kappa shape index (κ2) is 18.3. The lowest BCUT2D eigenvalue weighted by Crippen LogP contribution is -2.25. The van der Waals surface area contributed by atoms with Crippen molar-refractivity contribution in [2.24, 2.45) is 5.41 Å². The van der Waals surface area contributed by atoms with Gasteiger partial charge in [0.2, 0.25) is 0 Å². The van der Waals surface area contributed by atoms with E-state index in [0.29, 0.717) is 6.61 Å². The molecule has 2 N–H and O–H groups in total. The zero-order chi connectivity index (χ0) is 34.4. The van der Waals surface area contributed by atoms with Gasteiger partial charge in [-0.2, -0.15) is 8.42 Å². The first-order chi connectivity index (χ1) is 21.5. The van der Waals surface area contributed by atoms with Crippen LogP contribution < -0.4 is 14.2 Å². The molecule has 0 aliphatic carbocycles. The Hall–Kier alpha value is -2.30. The normalized spacial score (nSPS) is 12.7. The fraction of sp³-hybridized carbons (Fsp3) is 0.667. The van der Waals surface area contributed by atoms with Gasteiger partial charge in [0.25, 0.3) is 20.1 Å². The minimum absolute atomic E-state index is 0.0127. The highest BCUT2D eigenvalue weighted by Gasteiger charge is 2.30. The van der Waals surface area contributed by atoms with Crippen molar-refractivity contribution in [3.63, 3.8) is 0 Å². The summed E-state index contributed by atoms with van der Waals surface area (Å²) in [5.74, 6) is 0.221. The van der Waals surface area contributed by atoms with E-state index in [0.717, 1.165) is 69.4 Å². The maximum absolute atomic E-state index is 13.9. The molecule has 0 aliphatic heterocycles. The molecule has 262 valence electrons. The number of sulfonamides is 1. The predicted octanol–water partition coefficient (Wildman–Crippen LogP) is 9.93. The highest BCUT2D eigenvalue weighted by molar-refractivity contribution is 7.92. The van der Waals surface area contributed by atoms with Crippen LogP contribution in [0.5, 0.6) is 11.5 Å². The number of benzene rings is 2. The summed E-state index contributed by atoms with van der Waals surface area (Å²) in [5.41, 5.74) is 0.527. The molecule has 0 aliphatic rings. The second-order valence-corrected chi connectivity index (χ2v) is 17.3. The number of rotatable bonds is 22. The predicted molar refractivity (Wildman–Crippen MR) is 188 cm³/mol. The largest absolute Gasteiger partial charge is 0.492 e. The highest BCUT2D eigenvalue weighted by atomic mass is 32.2. The van der Waals surface area contributed by atoms with Crippen molar-refractivity contribution in [1.29, 1.82) is 0 Å². The van der Waals surface area contributed by atoms with Crippen LogP contribution in [0.4, 0.5) is 5.69 Å². The molecular weight excluding hydrogens is 623 g/mol. The Morgan fingerprint density at radius 2 is 1.13 bits per heavy atom. The van der Waals surface area contributed by atoms with Gasteiger partial charge in [-0.3, -0.25) is 9.27 Å². The summed E-state index contributed by atoms with van der Waals surface area (Å²) in [6, 6.07) is 9.20. The van der Waals surface area contributed by atoms with Crippen LogP contribution in [0.2, 0.25) is 0 Å².